The lowest BCUT2D eigenvalue weighted by Crippen LogP contribution is -2.48. The predicted octanol–water partition coefficient (Wildman–Crippen LogP) is 3.44. The Morgan fingerprint density at radius 1 is 1.35 bits per heavy atom. The molecule has 2 heteroatoms. The van der Waals surface area contributed by atoms with Gasteiger partial charge in [0.05, 0.1) is 0 Å². The zero-order valence-electron chi connectivity index (χ0n) is 10.1. The predicted molar refractivity (Wildman–Crippen MR) is 67.1 cm³/mol. The summed E-state index contributed by atoms with van der Waals surface area (Å²) in [5, 5.41) is 3.55. The Kier molecular flexibility index (Phi) is 2.75. The molecule has 4 atom stereocenters. The SMILES string of the molecule is CC(NC1CC2CC=CC21)c1ccccc1F. The van der Waals surface area contributed by atoms with E-state index in [0.29, 0.717) is 12.0 Å². The molecule has 1 saturated carbocycles. The molecular weight excluding hydrogens is 213 g/mol. The smallest absolute Gasteiger partial charge is 0.127 e. The third kappa shape index (κ3) is 1.91. The summed E-state index contributed by atoms with van der Waals surface area (Å²) >= 11 is 0. The first-order valence-electron chi connectivity index (χ1n) is 6.43. The molecule has 0 heterocycles. The van der Waals surface area contributed by atoms with E-state index >= 15 is 0 Å². The summed E-state index contributed by atoms with van der Waals surface area (Å²) in [7, 11) is 0. The molecule has 90 valence electrons. The highest BCUT2D eigenvalue weighted by molar-refractivity contribution is 5.22. The van der Waals surface area contributed by atoms with Gasteiger partial charge in [-0.2, -0.15) is 0 Å². The largest absolute Gasteiger partial charge is 0.307 e. The van der Waals surface area contributed by atoms with E-state index in [0.717, 1.165) is 11.5 Å². The first-order chi connectivity index (χ1) is 8.25. The standard InChI is InChI=1S/C15H18FN/c1-10(12-6-2-3-8-14(12)16)17-15-9-11-5-4-7-13(11)15/h2-4,6-8,10-11,13,15,17H,5,9H2,1H3. The van der Waals surface area contributed by atoms with Crippen LogP contribution in [-0.2, 0) is 0 Å². The van der Waals surface area contributed by atoms with Crippen LogP contribution in [0.3, 0.4) is 0 Å². The van der Waals surface area contributed by atoms with Crippen LogP contribution in [0.5, 0.6) is 0 Å². The molecule has 1 aromatic carbocycles. The van der Waals surface area contributed by atoms with E-state index < -0.39 is 0 Å². The molecule has 1 nitrogen and oxygen atoms in total. The van der Waals surface area contributed by atoms with E-state index in [1.807, 2.05) is 19.1 Å². The fourth-order valence-corrected chi connectivity index (χ4v) is 3.14. The van der Waals surface area contributed by atoms with E-state index in [4.69, 9.17) is 0 Å². The number of hydrogen-bond acceptors (Lipinski definition) is 1. The third-order valence-corrected chi connectivity index (χ3v) is 4.20. The van der Waals surface area contributed by atoms with E-state index in [1.165, 1.54) is 18.9 Å². The van der Waals surface area contributed by atoms with Crippen molar-refractivity contribution in [2.75, 3.05) is 0 Å². The van der Waals surface area contributed by atoms with Gasteiger partial charge < -0.3 is 5.32 Å². The molecule has 0 aliphatic heterocycles. The van der Waals surface area contributed by atoms with Gasteiger partial charge >= 0.3 is 0 Å². The lowest BCUT2D eigenvalue weighted by molar-refractivity contribution is 0.152. The van der Waals surface area contributed by atoms with Gasteiger partial charge in [-0.3, -0.25) is 0 Å². The van der Waals surface area contributed by atoms with Crippen LogP contribution in [-0.4, -0.2) is 6.04 Å². The van der Waals surface area contributed by atoms with Gasteiger partial charge in [0.25, 0.3) is 0 Å². The van der Waals surface area contributed by atoms with Crippen molar-refractivity contribution in [1.29, 1.82) is 0 Å². The fourth-order valence-electron chi connectivity index (χ4n) is 3.14. The van der Waals surface area contributed by atoms with Crippen molar-refractivity contribution < 1.29 is 4.39 Å². The Hall–Kier alpha value is -1.15. The summed E-state index contributed by atoms with van der Waals surface area (Å²) in [5.74, 6) is 1.43. The zero-order valence-corrected chi connectivity index (χ0v) is 10.1. The number of halogens is 1. The molecule has 2 aliphatic carbocycles. The fraction of sp³-hybridized carbons (Fsp3) is 0.467. The van der Waals surface area contributed by atoms with Gasteiger partial charge in [-0.15, -0.1) is 0 Å². The molecule has 0 amide bonds. The molecule has 1 aromatic rings. The number of allylic oxidation sites excluding steroid dienone is 1. The number of nitrogens with one attached hydrogen (secondary N) is 1. The molecule has 0 radical (unpaired) electrons. The molecule has 0 spiro atoms. The number of hydrogen-bond donors (Lipinski definition) is 1. The summed E-state index contributed by atoms with van der Waals surface area (Å²) in [4.78, 5) is 0. The average Bonchev–Trinajstić information content (AvgIpc) is 2.68. The minimum Gasteiger partial charge on any atom is -0.307 e. The van der Waals surface area contributed by atoms with Crippen LogP contribution in [0.4, 0.5) is 4.39 Å². The van der Waals surface area contributed by atoms with Crippen molar-refractivity contribution in [3.8, 4) is 0 Å². The van der Waals surface area contributed by atoms with Crippen LogP contribution in [0, 0.1) is 17.7 Å². The Morgan fingerprint density at radius 2 is 2.18 bits per heavy atom. The molecule has 3 rings (SSSR count). The number of rotatable bonds is 3. The van der Waals surface area contributed by atoms with Crippen LogP contribution >= 0.6 is 0 Å². The normalized spacial score (nSPS) is 32.0. The van der Waals surface area contributed by atoms with Gasteiger partial charge in [0, 0.05) is 17.6 Å². The van der Waals surface area contributed by atoms with Crippen LogP contribution in [0.15, 0.2) is 36.4 Å². The van der Waals surface area contributed by atoms with E-state index in [-0.39, 0.29) is 11.9 Å². The van der Waals surface area contributed by atoms with Crippen molar-refractivity contribution in [3.05, 3.63) is 47.8 Å². The molecule has 0 aromatic heterocycles. The van der Waals surface area contributed by atoms with E-state index in [9.17, 15) is 4.39 Å². The second-order valence-corrected chi connectivity index (χ2v) is 5.25. The second-order valence-electron chi connectivity index (χ2n) is 5.25. The first kappa shape index (κ1) is 11.0. The van der Waals surface area contributed by atoms with Crippen molar-refractivity contribution in [1.82, 2.24) is 5.32 Å². The van der Waals surface area contributed by atoms with Crippen molar-refractivity contribution in [3.63, 3.8) is 0 Å². The van der Waals surface area contributed by atoms with Crippen molar-refractivity contribution >= 4 is 0 Å². The maximum Gasteiger partial charge on any atom is 0.127 e. The molecule has 0 saturated heterocycles. The topological polar surface area (TPSA) is 12.0 Å². The Bertz CT molecular complexity index is 440. The molecule has 0 bridgehead atoms. The minimum absolute atomic E-state index is 0.0937. The highest BCUT2D eigenvalue weighted by Crippen LogP contribution is 2.43. The maximum atomic E-state index is 13.6. The maximum absolute atomic E-state index is 13.6. The van der Waals surface area contributed by atoms with Crippen LogP contribution in [0.2, 0.25) is 0 Å². The number of fused-ring (bicyclic) bond motifs is 1. The van der Waals surface area contributed by atoms with E-state index in [2.05, 4.69) is 17.5 Å². The third-order valence-electron chi connectivity index (χ3n) is 4.20. The Morgan fingerprint density at radius 3 is 2.94 bits per heavy atom. The minimum atomic E-state index is -0.106. The molecule has 1 N–H and O–H groups in total. The van der Waals surface area contributed by atoms with Gasteiger partial charge in [-0.25, -0.2) is 4.39 Å². The van der Waals surface area contributed by atoms with Crippen LogP contribution < -0.4 is 5.32 Å². The number of benzene rings is 1. The lowest BCUT2D eigenvalue weighted by Gasteiger charge is -2.42. The summed E-state index contributed by atoms with van der Waals surface area (Å²) in [6, 6.07) is 7.67. The molecule has 17 heavy (non-hydrogen) atoms. The highest BCUT2D eigenvalue weighted by Gasteiger charge is 2.41. The van der Waals surface area contributed by atoms with Gasteiger partial charge in [0.2, 0.25) is 0 Å². The monoisotopic (exact) mass is 231 g/mol. The lowest BCUT2D eigenvalue weighted by atomic mass is 9.71. The zero-order chi connectivity index (χ0) is 11.8. The first-order valence-corrected chi connectivity index (χ1v) is 6.43. The summed E-state index contributed by atoms with van der Waals surface area (Å²) in [5.41, 5.74) is 0.776. The van der Waals surface area contributed by atoms with Gasteiger partial charge in [0.15, 0.2) is 0 Å². The molecule has 4 unspecified atom stereocenters. The Labute approximate surface area is 102 Å². The highest BCUT2D eigenvalue weighted by atomic mass is 19.1. The Balaban J connectivity index is 1.66. The van der Waals surface area contributed by atoms with Crippen LogP contribution in [0.25, 0.3) is 0 Å². The van der Waals surface area contributed by atoms with Crippen LogP contribution in [0.1, 0.15) is 31.4 Å². The second kappa shape index (κ2) is 4.26. The molecule has 1 fully saturated rings. The summed E-state index contributed by atoms with van der Waals surface area (Å²) in [6.07, 6.45) is 7.07. The quantitative estimate of drug-likeness (QED) is 0.786. The summed E-state index contributed by atoms with van der Waals surface area (Å²) < 4.78 is 13.6. The van der Waals surface area contributed by atoms with Gasteiger partial charge in [-0.1, -0.05) is 30.4 Å². The van der Waals surface area contributed by atoms with E-state index in [1.54, 1.807) is 6.07 Å². The van der Waals surface area contributed by atoms with Gasteiger partial charge in [-0.05, 0) is 37.7 Å². The summed E-state index contributed by atoms with van der Waals surface area (Å²) in [6.45, 7) is 2.05. The van der Waals surface area contributed by atoms with Crippen molar-refractivity contribution in [2.45, 2.75) is 31.8 Å². The van der Waals surface area contributed by atoms with Gasteiger partial charge in [0.1, 0.15) is 5.82 Å². The average molecular weight is 231 g/mol. The van der Waals surface area contributed by atoms with Crippen molar-refractivity contribution in [2.24, 2.45) is 11.8 Å². The molecular formula is C15H18FN. The molecule has 2 aliphatic rings.